The fourth-order valence-electron chi connectivity index (χ4n) is 0.790. The van der Waals surface area contributed by atoms with Crippen LogP contribution < -0.4 is 0 Å². The largest absolute Gasteiger partial charge is 0.303 e. The van der Waals surface area contributed by atoms with Gasteiger partial charge in [0.1, 0.15) is 0 Å². The smallest absolute Gasteiger partial charge is 0.0569 e. The van der Waals surface area contributed by atoms with Gasteiger partial charge < -0.3 is 5.41 Å². The van der Waals surface area contributed by atoms with Crippen LogP contribution in [0.25, 0.3) is 0 Å². The van der Waals surface area contributed by atoms with Crippen molar-refractivity contribution in [2.75, 3.05) is 0 Å². The first kappa shape index (κ1) is 8.57. The number of hydrogen-bond donors (Lipinski definition) is 1. The van der Waals surface area contributed by atoms with Gasteiger partial charge in [0.15, 0.2) is 0 Å². The number of nitrogens with one attached hydrogen (secondary N) is 1. The highest BCUT2D eigenvalue weighted by Crippen LogP contribution is 2.23. The van der Waals surface area contributed by atoms with E-state index in [0.717, 1.165) is 5.56 Å². The molecule has 0 aliphatic carbocycles. The molecular formula is C8H6Cl2N. The highest BCUT2D eigenvalue weighted by atomic mass is 35.5. The second-order valence-corrected chi connectivity index (χ2v) is 2.87. The zero-order valence-corrected chi connectivity index (χ0v) is 7.21. The Labute approximate surface area is 75.5 Å². The average Bonchev–Trinajstić information content (AvgIpc) is 1.97. The number of benzene rings is 1. The molecule has 1 aromatic carbocycles. The van der Waals surface area contributed by atoms with Gasteiger partial charge in [-0.05, 0) is 17.7 Å². The lowest BCUT2D eigenvalue weighted by Gasteiger charge is -2.01. The Morgan fingerprint density at radius 3 is 2.27 bits per heavy atom. The summed E-state index contributed by atoms with van der Waals surface area (Å²) >= 11 is 11.6. The molecule has 0 aliphatic heterocycles. The lowest BCUT2D eigenvalue weighted by atomic mass is 10.2. The fourth-order valence-corrected chi connectivity index (χ4v) is 1.32. The fraction of sp³-hybridized carbons (Fsp3) is 0.125. The van der Waals surface area contributed by atoms with Crippen molar-refractivity contribution in [2.45, 2.75) is 6.42 Å². The third kappa shape index (κ3) is 1.95. The topological polar surface area (TPSA) is 23.9 Å². The van der Waals surface area contributed by atoms with Gasteiger partial charge in [0.2, 0.25) is 0 Å². The summed E-state index contributed by atoms with van der Waals surface area (Å²) in [6.07, 6.45) is 2.62. The minimum Gasteiger partial charge on any atom is -0.303 e. The maximum atomic E-state index is 6.77. The molecule has 0 spiro atoms. The third-order valence-corrected chi connectivity index (χ3v) is 2.04. The van der Waals surface area contributed by atoms with Crippen LogP contribution in [0.1, 0.15) is 5.56 Å². The first-order chi connectivity index (χ1) is 5.25. The first-order valence-corrected chi connectivity index (χ1v) is 3.84. The van der Waals surface area contributed by atoms with E-state index in [4.69, 9.17) is 28.6 Å². The zero-order valence-electron chi connectivity index (χ0n) is 5.70. The molecule has 0 atom stereocenters. The van der Waals surface area contributed by atoms with Crippen LogP contribution >= 0.6 is 23.2 Å². The summed E-state index contributed by atoms with van der Waals surface area (Å²) < 4.78 is 0. The van der Waals surface area contributed by atoms with Crippen LogP contribution in [0.3, 0.4) is 0 Å². The Morgan fingerprint density at radius 2 is 1.82 bits per heavy atom. The molecule has 0 heterocycles. The van der Waals surface area contributed by atoms with E-state index in [0.29, 0.717) is 16.5 Å². The Hall–Kier alpha value is -0.530. The molecule has 1 aromatic rings. The van der Waals surface area contributed by atoms with Gasteiger partial charge in [0, 0.05) is 16.5 Å². The molecule has 1 rings (SSSR count). The van der Waals surface area contributed by atoms with E-state index in [1.165, 1.54) is 0 Å². The SMILES string of the molecule is N=[C]Cc1c(Cl)cccc1Cl. The van der Waals surface area contributed by atoms with E-state index in [9.17, 15) is 0 Å². The summed E-state index contributed by atoms with van der Waals surface area (Å²) in [7, 11) is 0. The molecule has 57 valence electrons. The quantitative estimate of drug-likeness (QED) is 0.688. The van der Waals surface area contributed by atoms with Crippen molar-refractivity contribution in [1.82, 2.24) is 0 Å². The van der Waals surface area contributed by atoms with E-state index < -0.39 is 0 Å². The van der Waals surface area contributed by atoms with E-state index in [2.05, 4.69) is 6.21 Å². The van der Waals surface area contributed by atoms with Gasteiger partial charge in [0.05, 0.1) is 6.21 Å². The highest BCUT2D eigenvalue weighted by molar-refractivity contribution is 6.36. The number of hydrogen-bond acceptors (Lipinski definition) is 1. The monoisotopic (exact) mass is 186 g/mol. The molecule has 0 aromatic heterocycles. The molecule has 1 nitrogen and oxygen atoms in total. The van der Waals surface area contributed by atoms with Crippen molar-refractivity contribution >= 4 is 29.4 Å². The second kappa shape index (κ2) is 3.74. The molecule has 0 amide bonds. The van der Waals surface area contributed by atoms with Crippen LogP contribution in [-0.4, -0.2) is 6.21 Å². The lowest BCUT2D eigenvalue weighted by Crippen LogP contribution is -1.87. The van der Waals surface area contributed by atoms with Crippen LogP contribution in [0.5, 0.6) is 0 Å². The summed E-state index contributed by atoms with van der Waals surface area (Å²) in [6.45, 7) is 0. The van der Waals surface area contributed by atoms with Crippen LogP contribution in [0, 0.1) is 5.41 Å². The maximum absolute atomic E-state index is 6.77. The number of halogens is 2. The average molecular weight is 187 g/mol. The molecule has 0 saturated carbocycles. The molecule has 1 radical (unpaired) electrons. The van der Waals surface area contributed by atoms with Crippen LogP contribution in [0.4, 0.5) is 0 Å². The predicted octanol–water partition coefficient (Wildman–Crippen LogP) is 3.06. The van der Waals surface area contributed by atoms with E-state index in [1.807, 2.05) is 0 Å². The van der Waals surface area contributed by atoms with E-state index >= 15 is 0 Å². The van der Waals surface area contributed by atoms with Crippen molar-refractivity contribution in [2.24, 2.45) is 0 Å². The molecule has 11 heavy (non-hydrogen) atoms. The first-order valence-electron chi connectivity index (χ1n) is 3.08. The summed E-state index contributed by atoms with van der Waals surface area (Å²) in [6, 6.07) is 5.28. The van der Waals surface area contributed by atoms with Gasteiger partial charge in [-0.15, -0.1) is 0 Å². The minimum absolute atomic E-state index is 0.374. The van der Waals surface area contributed by atoms with E-state index in [-0.39, 0.29) is 0 Å². The van der Waals surface area contributed by atoms with Crippen molar-refractivity contribution < 1.29 is 0 Å². The van der Waals surface area contributed by atoms with Crippen molar-refractivity contribution in [3.63, 3.8) is 0 Å². The van der Waals surface area contributed by atoms with Crippen LogP contribution in [-0.2, 0) is 6.42 Å². The molecule has 0 aliphatic rings. The van der Waals surface area contributed by atoms with Gasteiger partial charge in [-0.3, -0.25) is 0 Å². The van der Waals surface area contributed by atoms with Crippen molar-refractivity contribution in [3.05, 3.63) is 33.8 Å². The molecule has 3 heteroatoms. The van der Waals surface area contributed by atoms with Gasteiger partial charge in [0.25, 0.3) is 0 Å². The molecule has 1 N–H and O–H groups in total. The minimum atomic E-state index is 0.374. The third-order valence-electron chi connectivity index (χ3n) is 1.33. The lowest BCUT2D eigenvalue weighted by molar-refractivity contribution is 1.33. The predicted molar refractivity (Wildman–Crippen MR) is 47.9 cm³/mol. The summed E-state index contributed by atoms with van der Waals surface area (Å²) in [4.78, 5) is 0. The zero-order chi connectivity index (χ0) is 8.27. The van der Waals surface area contributed by atoms with Crippen LogP contribution in [0.15, 0.2) is 18.2 Å². The standard InChI is InChI=1S/C8H6Cl2N/c9-7-2-1-3-8(10)6(7)4-5-11/h1-3,11H,4H2. The van der Waals surface area contributed by atoms with Gasteiger partial charge in [-0.2, -0.15) is 0 Å². The van der Waals surface area contributed by atoms with Gasteiger partial charge in [-0.1, -0.05) is 29.3 Å². The highest BCUT2D eigenvalue weighted by Gasteiger charge is 2.02. The molecule has 0 fully saturated rings. The summed E-state index contributed by atoms with van der Waals surface area (Å²) in [5.74, 6) is 0. The van der Waals surface area contributed by atoms with E-state index in [1.54, 1.807) is 18.2 Å². The molecule has 0 unspecified atom stereocenters. The second-order valence-electron chi connectivity index (χ2n) is 2.05. The molecule has 0 saturated heterocycles. The Kier molecular flexibility index (Phi) is 2.92. The Balaban J connectivity index is 3.09. The summed E-state index contributed by atoms with van der Waals surface area (Å²) in [5, 5.41) is 7.96. The Bertz CT molecular complexity index is 251. The van der Waals surface area contributed by atoms with Crippen molar-refractivity contribution in [1.29, 1.82) is 5.41 Å². The summed E-state index contributed by atoms with van der Waals surface area (Å²) in [5.41, 5.74) is 0.769. The van der Waals surface area contributed by atoms with Crippen LogP contribution in [0.2, 0.25) is 10.0 Å². The Morgan fingerprint density at radius 1 is 1.27 bits per heavy atom. The maximum Gasteiger partial charge on any atom is 0.0569 e. The molecule has 0 bridgehead atoms. The van der Waals surface area contributed by atoms with Gasteiger partial charge in [-0.25, -0.2) is 0 Å². The van der Waals surface area contributed by atoms with Crippen molar-refractivity contribution in [3.8, 4) is 0 Å². The molecular weight excluding hydrogens is 181 g/mol. The normalized spacial score (nSPS) is 9.64. The number of rotatable bonds is 2. The van der Waals surface area contributed by atoms with Gasteiger partial charge >= 0.3 is 0 Å².